The van der Waals surface area contributed by atoms with E-state index >= 15 is 0 Å². The Bertz CT molecular complexity index is 690. The standard InChI is InChI=1S/C24H36ClNO5/c1-6-7-9-19(25)10-8-15-29-21-13-11-20(12-14-21)26-24(28)31-22(18(4)5)23(27)30-16-17(2)3/h11-14,17,19,22H,4,6-10,15-16H2,1-3,5H3,(H,26,28). The van der Waals surface area contributed by atoms with Crippen LogP contribution in [0.2, 0.25) is 0 Å². The first-order valence-electron chi connectivity index (χ1n) is 10.9. The SMILES string of the molecule is C=C(C)C(OC(=O)Nc1ccc(OCCCC(Cl)CCCC)cc1)C(=O)OCC(C)C. The predicted octanol–water partition coefficient (Wildman–Crippen LogP) is 6.34. The van der Waals surface area contributed by atoms with Crippen molar-refractivity contribution in [2.75, 3.05) is 18.5 Å². The van der Waals surface area contributed by atoms with E-state index in [2.05, 4.69) is 18.8 Å². The molecule has 0 aliphatic carbocycles. The highest BCUT2D eigenvalue weighted by atomic mass is 35.5. The Kier molecular flexibility index (Phi) is 12.8. The molecule has 174 valence electrons. The molecule has 1 rings (SSSR count). The molecule has 0 aliphatic rings. The van der Waals surface area contributed by atoms with Crippen LogP contribution in [-0.2, 0) is 14.3 Å². The van der Waals surface area contributed by atoms with Crippen LogP contribution in [0.3, 0.4) is 0 Å². The van der Waals surface area contributed by atoms with Gasteiger partial charge in [0.25, 0.3) is 0 Å². The first kappa shape index (κ1) is 26.8. The monoisotopic (exact) mass is 453 g/mol. The van der Waals surface area contributed by atoms with Gasteiger partial charge in [-0.1, -0.05) is 40.2 Å². The normalized spacial score (nSPS) is 12.7. The average Bonchev–Trinajstić information content (AvgIpc) is 2.72. The van der Waals surface area contributed by atoms with E-state index in [4.69, 9.17) is 25.8 Å². The molecule has 0 spiro atoms. The van der Waals surface area contributed by atoms with Gasteiger partial charge in [-0.3, -0.25) is 5.32 Å². The Morgan fingerprint density at radius 2 is 1.77 bits per heavy atom. The lowest BCUT2D eigenvalue weighted by atomic mass is 10.1. The third kappa shape index (κ3) is 11.7. The Hall–Kier alpha value is -2.21. The van der Waals surface area contributed by atoms with Crippen LogP contribution in [0.5, 0.6) is 5.75 Å². The molecule has 1 aromatic carbocycles. The summed E-state index contributed by atoms with van der Waals surface area (Å²) in [5.41, 5.74) is 0.912. The smallest absolute Gasteiger partial charge is 0.412 e. The minimum Gasteiger partial charge on any atom is -0.494 e. The van der Waals surface area contributed by atoms with E-state index < -0.39 is 18.2 Å². The molecular formula is C24H36ClNO5. The summed E-state index contributed by atoms with van der Waals surface area (Å²) >= 11 is 6.27. The molecule has 7 heteroatoms. The lowest BCUT2D eigenvalue weighted by Gasteiger charge is -2.18. The number of hydrogen-bond acceptors (Lipinski definition) is 5. The lowest BCUT2D eigenvalue weighted by Crippen LogP contribution is -2.32. The second kappa shape index (κ2) is 14.7. The third-order valence-corrected chi connectivity index (χ3v) is 4.78. The maximum absolute atomic E-state index is 12.2. The average molecular weight is 454 g/mol. The highest BCUT2D eigenvalue weighted by molar-refractivity contribution is 6.20. The molecule has 0 radical (unpaired) electrons. The van der Waals surface area contributed by atoms with Gasteiger partial charge in [0.05, 0.1) is 13.2 Å². The number of alkyl halides is 1. The van der Waals surface area contributed by atoms with Crippen molar-refractivity contribution in [3.05, 3.63) is 36.4 Å². The van der Waals surface area contributed by atoms with Gasteiger partial charge in [0.2, 0.25) is 6.10 Å². The van der Waals surface area contributed by atoms with Crippen molar-refractivity contribution in [1.29, 1.82) is 0 Å². The zero-order valence-corrected chi connectivity index (χ0v) is 19.9. The Balaban J connectivity index is 2.44. The van der Waals surface area contributed by atoms with Crippen molar-refractivity contribution in [1.82, 2.24) is 0 Å². The number of nitrogens with one attached hydrogen (secondary N) is 1. The molecule has 31 heavy (non-hydrogen) atoms. The Morgan fingerprint density at radius 3 is 2.35 bits per heavy atom. The number of benzene rings is 1. The van der Waals surface area contributed by atoms with Crippen LogP contribution in [-0.4, -0.2) is 36.8 Å². The molecule has 0 heterocycles. The fourth-order valence-corrected chi connectivity index (χ4v) is 2.94. The molecule has 1 N–H and O–H groups in total. The van der Waals surface area contributed by atoms with Crippen molar-refractivity contribution in [3.8, 4) is 5.75 Å². The summed E-state index contributed by atoms with van der Waals surface area (Å²) < 4.78 is 16.1. The number of carbonyl (C=O) groups excluding carboxylic acids is 2. The van der Waals surface area contributed by atoms with Gasteiger partial charge in [-0.15, -0.1) is 11.6 Å². The number of hydrogen-bond donors (Lipinski definition) is 1. The molecular weight excluding hydrogens is 418 g/mol. The highest BCUT2D eigenvalue weighted by Gasteiger charge is 2.25. The van der Waals surface area contributed by atoms with Crippen molar-refractivity contribution in [3.63, 3.8) is 0 Å². The summed E-state index contributed by atoms with van der Waals surface area (Å²) in [5.74, 6) is 0.256. The summed E-state index contributed by atoms with van der Waals surface area (Å²) in [5, 5.41) is 2.79. The van der Waals surface area contributed by atoms with Gasteiger partial charge in [0.1, 0.15) is 5.75 Å². The van der Waals surface area contributed by atoms with Crippen LogP contribution < -0.4 is 10.1 Å². The second-order valence-corrected chi connectivity index (χ2v) is 8.65. The summed E-state index contributed by atoms with van der Waals surface area (Å²) in [6, 6.07) is 6.93. The van der Waals surface area contributed by atoms with Crippen LogP contribution in [0.4, 0.5) is 10.5 Å². The summed E-state index contributed by atoms with van der Waals surface area (Å²) in [6.07, 6.45) is 3.25. The van der Waals surface area contributed by atoms with Crippen LogP contribution in [0, 0.1) is 5.92 Å². The van der Waals surface area contributed by atoms with E-state index in [0.29, 0.717) is 23.6 Å². The van der Waals surface area contributed by atoms with Crippen molar-refractivity contribution < 1.29 is 23.8 Å². The molecule has 0 aliphatic heterocycles. The third-order valence-electron chi connectivity index (χ3n) is 4.35. The van der Waals surface area contributed by atoms with Crippen LogP contribution >= 0.6 is 11.6 Å². The fourth-order valence-electron chi connectivity index (χ4n) is 2.63. The molecule has 0 saturated carbocycles. The van der Waals surface area contributed by atoms with Gasteiger partial charge in [-0.2, -0.15) is 0 Å². The molecule has 2 atom stereocenters. The van der Waals surface area contributed by atoms with E-state index in [1.54, 1.807) is 31.2 Å². The lowest BCUT2D eigenvalue weighted by molar-refractivity contribution is -0.152. The zero-order valence-electron chi connectivity index (χ0n) is 19.1. The predicted molar refractivity (Wildman–Crippen MR) is 125 cm³/mol. The summed E-state index contributed by atoms with van der Waals surface area (Å²) in [7, 11) is 0. The molecule has 0 aromatic heterocycles. The first-order valence-corrected chi connectivity index (χ1v) is 11.3. The largest absolute Gasteiger partial charge is 0.494 e. The molecule has 0 saturated heterocycles. The van der Waals surface area contributed by atoms with E-state index in [-0.39, 0.29) is 17.9 Å². The number of carbonyl (C=O) groups is 2. The van der Waals surface area contributed by atoms with Gasteiger partial charge in [-0.25, -0.2) is 9.59 Å². The summed E-state index contributed by atoms with van der Waals surface area (Å²) in [4.78, 5) is 24.3. The topological polar surface area (TPSA) is 73.9 Å². The summed E-state index contributed by atoms with van der Waals surface area (Å²) in [6.45, 7) is 12.2. The number of rotatable bonds is 14. The Morgan fingerprint density at radius 1 is 1.13 bits per heavy atom. The van der Waals surface area contributed by atoms with Crippen LogP contribution in [0.15, 0.2) is 36.4 Å². The molecule has 1 aromatic rings. The molecule has 0 bridgehead atoms. The molecule has 0 fully saturated rings. The van der Waals surface area contributed by atoms with E-state index in [1.807, 2.05) is 13.8 Å². The van der Waals surface area contributed by atoms with Gasteiger partial charge in [0, 0.05) is 11.1 Å². The minimum atomic E-state index is -1.15. The van der Waals surface area contributed by atoms with Crippen molar-refractivity contribution >= 4 is 29.4 Å². The van der Waals surface area contributed by atoms with Crippen molar-refractivity contribution in [2.24, 2.45) is 5.92 Å². The van der Waals surface area contributed by atoms with E-state index in [0.717, 1.165) is 32.1 Å². The number of halogens is 1. The van der Waals surface area contributed by atoms with Gasteiger partial charge in [0.15, 0.2) is 0 Å². The number of amides is 1. The minimum absolute atomic E-state index is 0.182. The number of anilines is 1. The van der Waals surface area contributed by atoms with Gasteiger partial charge < -0.3 is 14.2 Å². The molecule has 2 unspecified atom stereocenters. The van der Waals surface area contributed by atoms with Gasteiger partial charge in [-0.05, 0) is 61.9 Å². The van der Waals surface area contributed by atoms with Gasteiger partial charge >= 0.3 is 12.1 Å². The van der Waals surface area contributed by atoms with E-state index in [9.17, 15) is 9.59 Å². The first-order chi connectivity index (χ1) is 14.7. The van der Waals surface area contributed by atoms with Crippen LogP contribution in [0.25, 0.3) is 0 Å². The highest BCUT2D eigenvalue weighted by Crippen LogP contribution is 2.18. The van der Waals surface area contributed by atoms with Crippen molar-refractivity contribution in [2.45, 2.75) is 71.3 Å². The second-order valence-electron chi connectivity index (χ2n) is 8.04. The fraction of sp³-hybridized carbons (Fsp3) is 0.583. The maximum Gasteiger partial charge on any atom is 0.412 e. The number of esters is 1. The molecule has 6 nitrogen and oxygen atoms in total. The van der Waals surface area contributed by atoms with Crippen LogP contribution in [0.1, 0.15) is 59.8 Å². The Labute approximate surface area is 191 Å². The zero-order chi connectivity index (χ0) is 23.2. The number of unbranched alkanes of at least 4 members (excludes halogenated alkanes) is 1. The maximum atomic E-state index is 12.2. The molecule has 1 amide bonds. The van der Waals surface area contributed by atoms with E-state index in [1.165, 1.54) is 0 Å². The number of ether oxygens (including phenoxy) is 3. The quantitative estimate of drug-likeness (QED) is 0.154.